The summed E-state index contributed by atoms with van der Waals surface area (Å²) < 4.78 is 10.6. The molecule has 2 amide bonds. The molecule has 1 atom stereocenters. The fourth-order valence-electron chi connectivity index (χ4n) is 3.24. The van der Waals surface area contributed by atoms with E-state index in [1.54, 1.807) is 42.4 Å². The lowest BCUT2D eigenvalue weighted by Gasteiger charge is -2.36. The van der Waals surface area contributed by atoms with E-state index in [-0.39, 0.29) is 12.0 Å². The van der Waals surface area contributed by atoms with Gasteiger partial charge in [-0.05, 0) is 43.7 Å². The van der Waals surface area contributed by atoms with Crippen LogP contribution in [0.5, 0.6) is 5.75 Å². The number of hydrogen-bond acceptors (Lipinski definition) is 6. The zero-order valence-electron chi connectivity index (χ0n) is 17.2. The van der Waals surface area contributed by atoms with Crippen molar-refractivity contribution in [1.29, 1.82) is 0 Å². The molecule has 1 aromatic carbocycles. The lowest BCUT2D eigenvalue weighted by atomic mass is 10.2. The first-order valence-corrected chi connectivity index (χ1v) is 10.0. The number of pyridine rings is 1. The van der Waals surface area contributed by atoms with Crippen molar-refractivity contribution in [3.63, 3.8) is 0 Å². The highest BCUT2D eigenvalue weighted by molar-refractivity contribution is 6.30. The topological polar surface area (TPSA) is 84.0 Å². The molecule has 1 N–H and O–H groups in total. The van der Waals surface area contributed by atoms with E-state index in [4.69, 9.17) is 21.1 Å². The molecule has 8 nitrogen and oxygen atoms in total. The number of carbonyl (C=O) groups excluding carboxylic acids is 2. The number of carbonyl (C=O) groups is 2. The Morgan fingerprint density at radius 3 is 2.60 bits per heavy atom. The number of halogens is 1. The van der Waals surface area contributed by atoms with Gasteiger partial charge in [-0.15, -0.1) is 0 Å². The van der Waals surface area contributed by atoms with Gasteiger partial charge in [0.1, 0.15) is 5.75 Å². The van der Waals surface area contributed by atoms with E-state index in [0.717, 1.165) is 11.3 Å². The smallest absolute Gasteiger partial charge is 0.409 e. The molecule has 1 saturated heterocycles. The van der Waals surface area contributed by atoms with Crippen molar-refractivity contribution in [2.75, 3.05) is 43.5 Å². The summed E-state index contributed by atoms with van der Waals surface area (Å²) in [6, 6.07) is 7.10. The number of nitrogens with zero attached hydrogens (tertiary/aromatic N) is 3. The van der Waals surface area contributed by atoms with Crippen molar-refractivity contribution in [2.24, 2.45) is 0 Å². The quantitative estimate of drug-likeness (QED) is 0.780. The number of nitrogens with one attached hydrogen (secondary N) is 1. The summed E-state index contributed by atoms with van der Waals surface area (Å²) >= 11 is 5.97. The molecule has 9 heteroatoms. The van der Waals surface area contributed by atoms with Crippen LogP contribution in [0.15, 0.2) is 36.7 Å². The summed E-state index contributed by atoms with van der Waals surface area (Å²) in [6.45, 7) is 5.89. The second-order valence-electron chi connectivity index (χ2n) is 7.00. The molecule has 0 bridgehead atoms. The maximum atomic E-state index is 12.7. The molecule has 0 spiro atoms. The molecular weight excluding hydrogens is 408 g/mol. The molecule has 0 radical (unpaired) electrons. The van der Waals surface area contributed by atoms with Crippen molar-refractivity contribution < 1.29 is 19.1 Å². The minimum absolute atomic E-state index is 0.285. The molecule has 1 aliphatic rings. The number of amides is 2. The lowest BCUT2D eigenvalue weighted by Crippen LogP contribution is -2.49. The van der Waals surface area contributed by atoms with E-state index >= 15 is 0 Å². The van der Waals surface area contributed by atoms with Gasteiger partial charge in [0.15, 0.2) is 6.10 Å². The number of anilines is 2. The van der Waals surface area contributed by atoms with Crippen LogP contribution in [-0.4, -0.2) is 61.3 Å². The fraction of sp³-hybridized carbons (Fsp3) is 0.381. The normalized spacial score (nSPS) is 14.8. The van der Waals surface area contributed by atoms with Gasteiger partial charge >= 0.3 is 6.09 Å². The first kappa shape index (κ1) is 21.7. The Labute approximate surface area is 180 Å². The Kier molecular flexibility index (Phi) is 6.99. The Morgan fingerprint density at radius 1 is 1.20 bits per heavy atom. The summed E-state index contributed by atoms with van der Waals surface area (Å²) in [5, 5.41) is 3.52. The molecule has 1 unspecified atom stereocenters. The third-order valence-electron chi connectivity index (χ3n) is 4.92. The number of hydrogen-bond donors (Lipinski definition) is 1. The van der Waals surface area contributed by atoms with Crippen LogP contribution in [0.25, 0.3) is 0 Å². The number of benzene rings is 1. The van der Waals surface area contributed by atoms with Crippen molar-refractivity contribution in [1.82, 2.24) is 9.88 Å². The zero-order valence-corrected chi connectivity index (χ0v) is 18.0. The number of aromatic nitrogens is 1. The Bertz CT molecular complexity index is 916. The molecule has 1 aliphatic heterocycles. The molecule has 1 aromatic heterocycles. The van der Waals surface area contributed by atoms with Gasteiger partial charge in [0.25, 0.3) is 5.91 Å². The number of piperazine rings is 1. The van der Waals surface area contributed by atoms with Crippen LogP contribution in [0.3, 0.4) is 0 Å². The molecule has 0 saturated carbocycles. The molecule has 1 fully saturated rings. The molecule has 2 heterocycles. The number of aryl methyl sites for hydroxylation is 1. The van der Waals surface area contributed by atoms with E-state index in [9.17, 15) is 9.59 Å². The highest BCUT2D eigenvalue weighted by Crippen LogP contribution is 2.27. The highest BCUT2D eigenvalue weighted by atomic mass is 35.5. The van der Waals surface area contributed by atoms with Crippen LogP contribution in [0, 0.1) is 6.92 Å². The lowest BCUT2D eigenvalue weighted by molar-refractivity contribution is -0.122. The number of rotatable bonds is 5. The van der Waals surface area contributed by atoms with Crippen LogP contribution >= 0.6 is 11.6 Å². The highest BCUT2D eigenvalue weighted by Gasteiger charge is 2.24. The van der Waals surface area contributed by atoms with Gasteiger partial charge in [0.05, 0.1) is 24.7 Å². The first-order valence-electron chi connectivity index (χ1n) is 9.64. The van der Waals surface area contributed by atoms with Crippen LogP contribution in [0.2, 0.25) is 5.02 Å². The van der Waals surface area contributed by atoms with Crippen LogP contribution in [-0.2, 0) is 9.53 Å². The summed E-state index contributed by atoms with van der Waals surface area (Å²) in [5.41, 5.74) is 2.29. The van der Waals surface area contributed by atoms with Crippen molar-refractivity contribution in [3.8, 4) is 5.75 Å². The monoisotopic (exact) mass is 432 g/mol. The van der Waals surface area contributed by atoms with E-state index < -0.39 is 6.10 Å². The third-order valence-corrected chi connectivity index (χ3v) is 5.15. The van der Waals surface area contributed by atoms with Gasteiger partial charge < -0.3 is 24.6 Å². The van der Waals surface area contributed by atoms with Gasteiger partial charge in [-0.25, -0.2) is 4.79 Å². The van der Waals surface area contributed by atoms with Gasteiger partial charge in [-0.1, -0.05) is 11.6 Å². The van der Waals surface area contributed by atoms with Gasteiger partial charge in [-0.3, -0.25) is 9.78 Å². The molecule has 160 valence electrons. The summed E-state index contributed by atoms with van der Waals surface area (Å²) in [6.07, 6.45) is 2.24. The van der Waals surface area contributed by atoms with Crippen LogP contribution in [0.1, 0.15) is 12.5 Å². The van der Waals surface area contributed by atoms with Crippen molar-refractivity contribution in [3.05, 3.63) is 47.2 Å². The number of methoxy groups -OCH3 is 1. The van der Waals surface area contributed by atoms with Crippen LogP contribution in [0.4, 0.5) is 16.2 Å². The minimum atomic E-state index is -0.714. The number of ether oxygens (including phenoxy) is 2. The maximum absolute atomic E-state index is 12.7. The average molecular weight is 433 g/mol. The van der Waals surface area contributed by atoms with Gasteiger partial charge in [0.2, 0.25) is 0 Å². The molecular formula is C21H25ClN4O4. The summed E-state index contributed by atoms with van der Waals surface area (Å²) in [5.74, 6) is 0.319. The van der Waals surface area contributed by atoms with Gasteiger partial charge in [-0.2, -0.15) is 0 Å². The van der Waals surface area contributed by atoms with E-state index in [0.29, 0.717) is 42.6 Å². The third kappa shape index (κ3) is 5.13. The second-order valence-corrected chi connectivity index (χ2v) is 7.43. The molecule has 0 aliphatic carbocycles. The Balaban J connectivity index is 1.65. The van der Waals surface area contributed by atoms with Crippen LogP contribution < -0.4 is 15.0 Å². The SMILES string of the molecule is COC(=O)N1CCN(c2ccncc2NC(=O)C(C)Oc2ccc(Cl)cc2C)CC1. The molecule has 2 aromatic rings. The summed E-state index contributed by atoms with van der Waals surface area (Å²) in [4.78, 5) is 32.3. The Morgan fingerprint density at radius 2 is 1.93 bits per heavy atom. The molecule has 3 rings (SSSR count). The predicted octanol–water partition coefficient (Wildman–Crippen LogP) is 3.34. The van der Waals surface area contributed by atoms with Gasteiger partial charge in [0, 0.05) is 37.4 Å². The largest absolute Gasteiger partial charge is 0.481 e. The van der Waals surface area contributed by atoms with E-state index in [2.05, 4.69) is 15.2 Å². The van der Waals surface area contributed by atoms with E-state index in [1.807, 2.05) is 13.0 Å². The predicted molar refractivity (Wildman–Crippen MR) is 115 cm³/mol. The molecule has 30 heavy (non-hydrogen) atoms. The first-order chi connectivity index (χ1) is 14.4. The van der Waals surface area contributed by atoms with Crippen molar-refractivity contribution in [2.45, 2.75) is 20.0 Å². The average Bonchev–Trinajstić information content (AvgIpc) is 2.75. The standard InChI is InChI=1S/C21H25ClN4O4/c1-14-12-16(22)4-5-19(14)30-15(2)20(27)24-17-13-23-7-6-18(17)25-8-10-26(11-9-25)21(28)29-3/h4-7,12-13,15H,8-11H2,1-3H3,(H,24,27). The van der Waals surface area contributed by atoms with Crippen molar-refractivity contribution >= 4 is 35.0 Å². The fourth-order valence-corrected chi connectivity index (χ4v) is 3.47. The summed E-state index contributed by atoms with van der Waals surface area (Å²) in [7, 11) is 1.37. The second kappa shape index (κ2) is 9.67. The zero-order chi connectivity index (χ0) is 21.7. The van der Waals surface area contributed by atoms with E-state index in [1.165, 1.54) is 7.11 Å². The maximum Gasteiger partial charge on any atom is 0.409 e. The Hall–Kier alpha value is -3.00. The minimum Gasteiger partial charge on any atom is -0.481 e.